The lowest BCUT2D eigenvalue weighted by Crippen LogP contribution is -2.43. The average molecular weight is 383 g/mol. The van der Waals surface area contributed by atoms with Crippen LogP contribution in [0.5, 0.6) is 11.5 Å². The van der Waals surface area contributed by atoms with Crippen LogP contribution in [0.1, 0.15) is 26.7 Å². The van der Waals surface area contributed by atoms with Crippen molar-refractivity contribution >= 4 is 0 Å². The first-order valence-electron chi connectivity index (χ1n) is 10.5. The second kappa shape index (κ2) is 8.97. The van der Waals surface area contributed by atoms with Gasteiger partial charge in [-0.1, -0.05) is 50.2 Å². The molecule has 0 amide bonds. The fourth-order valence-electron chi connectivity index (χ4n) is 3.84. The van der Waals surface area contributed by atoms with Crippen molar-refractivity contribution in [2.24, 2.45) is 11.8 Å². The zero-order valence-corrected chi connectivity index (χ0v) is 16.8. The molecule has 2 aromatic carbocycles. The number of para-hydroxylation sites is 2. The lowest BCUT2D eigenvalue weighted by atomic mass is 9.96. The molecule has 4 unspecified atom stereocenters. The third-order valence-electron chi connectivity index (χ3n) is 6.02. The maximum atomic E-state index is 6.17. The fourth-order valence-corrected chi connectivity index (χ4v) is 3.84. The molecule has 0 spiro atoms. The molecule has 4 atom stereocenters. The van der Waals surface area contributed by atoms with Crippen molar-refractivity contribution in [3.05, 3.63) is 48.5 Å². The molecule has 2 aromatic rings. The maximum Gasteiger partial charge on any atom is 0.127 e. The molecule has 0 bridgehead atoms. The summed E-state index contributed by atoms with van der Waals surface area (Å²) in [5, 5.41) is 0. The molecule has 2 heterocycles. The zero-order valence-electron chi connectivity index (χ0n) is 16.8. The van der Waals surface area contributed by atoms with Crippen LogP contribution < -0.4 is 9.47 Å². The molecule has 4 heteroatoms. The van der Waals surface area contributed by atoms with Crippen molar-refractivity contribution in [3.63, 3.8) is 0 Å². The Balaban J connectivity index is 1.48. The van der Waals surface area contributed by atoms with E-state index in [0.717, 1.165) is 48.7 Å². The molecule has 0 radical (unpaired) electrons. The molecule has 4 nitrogen and oxygen atoms in total. The van der Waals surface area contributed by atoms with Gasteiger partial charge in [0.2, 0.25) is 0 Å². The Kier molecular flexibility index (Phi) is 6.18. The van der Waals surface area contributed by atoms with Crippen LogP contribution in [0.4, 0.5) is 0 Å². The molecule has 150 valence electrons. The van der Waals surface area contributed by atoms with E-state index in [-0.39, 0.29) is 12.2 Å². The van der Waals surface area contributed by atoms with Gasteiger partial charge in [0.25, 0.3) is 0 Å². The van der Waals surface area contributed by atoms with Gasteiger partial charge in [-0.25, -0.2) is 0 Å². The van der Waals surface area contributed by atoms with Crippen molar-refractivity contribution in [1.29, 1.82) is 0 Å². The largest absolute Gasteiger partial charge is 0.490 e. The lowest BCUT2D eigenvalue weighted by Gasteiger charge is -2.36. The normalized spacial score (nSPS) is 26.2. The number of rotatable bonds is 9. The zero-order chi connectivity index (χ0) is 19.3. The van der Waals surface area contributed by atoms with Gasteiger partial charge in [0.1, 0.15) is 24.7 Å². The Labute approximate surface area is 167 Å². The molecular formula is C24H30O4. The van der Waals surface area contributed by atoms with E-state index in [1.165, 1.54) is 0 Å². The topological polar surface area (TPSA) is 36.9 Å². The van der Waals surface area contributed by atoms with Crippen LogP contribution in [-0.4, -0.2) is 38.6 Å². The van der Waals surface area contributed by atoms with Gasteiger partial charge in [0, 0.05) is 23.0 Å². The highest BCUT2D eigenvalue weighted by Crippen LogP contribution is 2.37. The monoisotopic (exact) mass is 382 g/mol. The van der Waals surface area contributed by atoms with Crippen LogP contribution >= 0.6 is 0 Å². The van der Waals surface area contributed by atoms with Crippen molar-refractivity contribution < 1.29 is 18.9 Å². The second-order valence-corrected chi connectivity index (χ2v) is 7.69. The van der Waals surface area contributed by atoms with E-state index in [0.29, 0.717) is 25.0 Å². The summed E-state index contributed by atoms with van der Waals surface area (Å²) in [5.41, 5.74) is 2.10. The fraction of sp³-hybridized carbons (Fsp3) is 0.500. The number of benzene rings is 2. The van der Waals surface area contributed by atoms with Crippen molar-refractivity contribution in [2.75, 3.05) is 26.4 Å². The maximum absolute atomic E-state index is 6.17. The van der Waals surface area contributed by atoms with E-state index in [4.69, 9.17) is 18.9 Å². The van der Waals surface area contributed by atoms with E-state index in [1.54, 1.807) is 0 Å². The summed E-state index contributed by atoms with van der Waals surface area (Å²) in [7, 11) is 0. The van der Waals surface area contributed by atoms with Crippen LogP contribution in [0, 0.1) is 11.8 Å². The third kappa shape index (κ3) is 4.03. The molecule has 0 aromatic heterocycles. The minimum absolute atomic E-state index is 0.200. The van der Waals surface area contributed by atoms with Crippen LogP contribution in [0.3, 0.4) is 0 Å². The summed E-state index contributed by atoms with van der Waals surface area (Å²) in [6, 6.07) is 16.3. The Morgan fingerprint density at radius 2 is 1.14 bits per heavy atom. The van der Waals surface area contributed by atoms with Crippen molar-refractivity contribution in [2.45, 2.75) is 38.9 Å². The van der Waals surface area contributed by atoms with Crippen molar-refractivity contribution in [1.82, 2.24) is 0 Å². The predicted octanol–water partition coefficient (Wildman–Crippen LogP) is 4.96. The van der Waals surface area contributed by atoms with Crippen LogP contribution in [0.2, 0.25) is 0 Å². The van der Waals surface area contributed by atoms with Crippen molar-refractivity contribution in [3.8, 4) is 22.6 Å². The molecule has 2 aliphatic rings. The van der Waals surface area contributed by atoms with Crippen LogP contribution in [0.15, 0.2) is 48.5 Å². The molecule has 0 N–H and O–H groups in total. The van der Waals surface area contributed by atoms with Gasteiger partial charge in [0.05, 0.1) is 25.4 Å². The van der Waals surface area contributed by atoms with E-state index in [9.17, 15) is 0 Å². The summed E-state index contributed by atoms with van der Waals surface area (Å²) in [6.45, 7) is 7.29. The molecule has 2 aliphatic heterocycles. The summed E-state index contributed by atoms with van der Waals surface area (Å²) in [4.78, 5) is 0. The highest BCUT2D eigenvalue weighted by Gasteiger charge is 2.32. The van der Waals surface area contributed by atoms with E-state index >= 15 is 0 Å². The van der Waals surface area contributed by atoms with Gasteiger partial charge >= 0.3 is 0 Å². The standard InChI is InChI=1S/C24H30O4/c1-3-17-13-25-23(17)15-27-21-11-7-5-9-19(21)20-10-6-8-12-22(20)28-16-24-18(4-2)14-26-24/h5-12,17-18,23-24H,3-4,13-16H2,1-2H3. The Bertz CT molecular complexity index is 705. The quantitative estimate of drug-likeness (QED) is 0.614. The smallest absolute Gasteiger partial charge is 0.127 e. The number of hydrogen-bond acceptors (Lipinski definition) is 4. The Morgan fingerprint density at radius 1 is 0.714 bits per heavy atom. The number of ether oxygens (including phenoxy) is 4. The molecular weight excluding hydrogens is 352 g/mol. The van der Waals surface area contributed by atoms with Crippen LogP contribution in [-0.2, 0) is 9.47 Å². The molecule has 4 rings (SSSR count). The average Bonchev–Trinajstić information content (AvgIpc) is 2.68. The summed E-state index contributed by atoms with van der Waals surface area (Å²) in [6.07, 6.45) is 2.67. The highest BCUT2D eigenvalue weighted by atomic mass is 16.6. The number of hydrogen-bond donors (Lipinski definition) is 0. The first-order chi connectivity index (χ1) is 13.8. The van der Waals surface area contributed by atoms with E-state index in [1.807, 2.05) is 36.4 Å². The van der Waals surface area contributed by atoms with Gasteiger partial charge < -0.3 is 18.9 Å². The predicted molar refractivity (Wildman–Crippen MR) is 110 cm³/mol. The molecule has 28 heavy (non-hydrogen) atoms. The first kappa shape index (κ1) is 19.3. The van der Waals surface area contributed by atoms with Crippen LogP contribution in [0.25, 0.3) is 11.1 Å². The molecule has 0 aliphatic carbocycles. The summed E-state index contributed by atoms with van der Waals surface area (Å²) in [5.74, 6) is 2.96. The van der Waals surface area contributed by atoms with Gasteiger partial charge in [-0.15, -0.1) is 0 Å². The first-order valence-corrected chi connectivity index (χ1v) is 10.5. The minimum Gasteiger partial charge on any atom is -0.490 e. The van der Waals surface area contributed by atoms with E-state index < -0.39 is 0 Å². The molecule has 2 fully saturated rings. The SMILES string of the molecule is CCC1COC1COc1ccccc1-c1ccccc1OCC1OCC1CC. The molecule has 2 saturated heterocycles. The van der Waals surface area contributed by atoms with E-state index in [2.05, 4.69) is 26.0 Å². The van der Waals surface area contributed by atoms with Gasteiger partial charge in [-0.2, -0.15) is 0 Å². The Morgan fingerprint density at radius 3 is 1.50 bits per heavy atom. The summed E-state index contributed by atoms with van der Waals surface area (Å²) >= 11 is 0. The second-order valence-electron chi connectivity index (χ2n) is 7.69. The third-order valence-corrected chi connectivity index (χ3v) is 6.02. The molecule has 0 saturated carbocycles. The van der Waals surface area contributed by atoms with Gasteiger partial charge in [-0.3, -0.25) is 0 Å². The van der Waals surface area contributed by atoms with Gasteiger partial charge in [-0.05, 0) is 25.0 Å². The van der Waals surface area contributed by atoms with Gasteiger partial charge in [0.15, 0.2) is 0 Å². The Hall–Kier alpha value is -2.04. The minimum atomic E-state index is 0.200. The highest BCUT2D eigenvalue weighted by molar-refractivity contribution is 5.75. The lowest BCUT2D eigenvalue weighted by molar-refractivity contribution is -0.131. The summed E-state index contributed by atoms with van der Waals surface area (Å²) < 4.78 is 23.7.